The number of Topliss-reactive ketones (excluding diaryl/α,β-unsaturated/α-hetero) is 1. The number of hydrogen-bond donors (Lipinski definition) is 1. The van der Waals surface area contributed by atoms with Gasteiger partial charge in [-0.25, -0.2) is 0 Å². The summed E-state index contributed by atoms with van der Waals surface area (Å²) in [5, 5.41) is 11.6. The molecule has 0 aromatic heterocycles. The van der Waals surface area contributed by atoms with Crippen molar-refractivity contribution in [2.24, 2.45) is 28.6 Å². The summed E-state index contributed by atoms with van der Waals surface area (Å²) < 4.78 is 11.5. The van der Waals surface area contributed by atoms with Crippen molar-refractivity contribution in [3.05, 3.63) is 11.6 Å². The standard InChI is InChI=1S/C24H34O5/c1-14(25)29-16-6-9-22(2)15(12-16)4-5-17-18(22)7-10-23(3)19(17)13-21-24(23,27)20(26)8-11-28-21/h4,16-19,21,27H,5-13H2,1-3H3/t16-,17+,18+,19+,21+,22+,23+,24-/m1/s1. The van der Waals surface area contributed by atoms with Gasteiger partial charge >= 0.3 is 5.97 Å². The Labute approximate surface area is 173 Å². The number of fused-ring (bicyclic) bond motifs is 7. The van der Waals surface area contributed by atoms with Crippen LogP contribution in [0.25, 0.3) is 0 Å². The van der Waals surface area contributed by atoms with Gasteiger partial charge in [-0.05, 0) is 61.7 Å². The van der Waals surface area contributed by atoms with E-state index in [-0.39, 0.29) is 34.8 Å². The number of aliphatic hydroxyl groups is 1. The monoisotopic (exact) mass is 402 g/mol. The first kappa shape index (κ1) is 19.7. The first-order chi connectivity index (χ1) is 13.7. The van der Waals surface area contributed by atoms with E-state index in [0.717, 1.165) is 44.9 Å². The highest BCUT2D eigenvalue weighted by Gasteiger charge is 2.70. The van der Waals surface area contributed by atoms with E-state index < -0.39 is 5.60 Å². The lowest BCUT2D eigenvalue weighted by molar-refractivity contribution is -0.193. The number of esters is 1. The molecule has 5 nitrogen and oxygen atoms in total. The number of carbonyl (C=O) groups excluding carboxylic acids is 2. The minimum absolute atomic E-state index is 0.00246. The summed E-state index contributed by atoms with van der Waals surface area (Å²) in [4.78, 5) is 24.3. The van der Waals surface area contributed by atoms with Crippen LogP contribution < -0.4 is 0 Å². The summed E-state index contributed by atoms with van der Waals surface area (Å²) in [6.45, 7) is 6.50. The lowest BCUT2D eigenvalue weighted by atomic mass is 9.46. The maximum atomic E-state index is 12.8. The predicted octanol–water partition coefficient (Wildman–Crippen LogP) is 3.58. The largest absolute Gasteiger partial charge is 0.462 e. The molecule has 0 spiro atoms. The minimum Gasteiger partial charge on any atom is -0.462 e. The summed E-state index contributed by atoms with van der Waals surface area (Å²) in [6, 6.07) is 0. The molecule has 3 saturated carbocycles. The van der Waals surface area contributed by atoms with Gasteiger partial charge in [0.15, 0.2) is 11.4 Å². The first-order valence-corrected chi connectivity index (χ1v) is 11.4. The van der Waals surface area contributed by atoms with E-state index in [2.05, 4.69) is 19.9 Å². The third kappa shape index (κ3) is 2.52. The Morgan fingerprint density at radius 1 is 1.24 bits per heavy atom. The van der Waals surface area contributed by atoms with E-state index in [4.69, 9.17) is 9.47 Å². The molecule has 5 aliphatic rings. The highest BCUT2D eigenvalue weighted by molar-refractivity contribution is 5.90. The minimum atomic E-state index is -1.31. The van der Waals surface area contributed by atoms with Crippen LogP contribution in [0.2, 0.25) is 0 Å². The second-order valence-electron chi connectivity index (χ2n) is 10.7. The van der Waals surface area contributed by atoms with Crippen molar-refractivity contribution < 1.29 is 24.2 Å². The number of allylic oxidation sites excluding steroid dienone is 1. The number of carbonyl (C=O) groups is 2. The molecule has 4 aliphatic carbocycles. The summed E-state index contributed by atoms with van der Waals surface area (Å²) in [6.07, 6.45) is 8.97. The van der Waals surface area contributed by atoms with E-state index in [0.29, 0.717) is 30.8 Å². The van der Waals surface area contributed by atoms with Gasteiger partial charge in [-0.3, -0.25) is 9.59 Å². The average molecular weight is 403 g/mol. The molecule has 160 valence electrons. The summed E-state index contributed by atoms with van der Waals surface area (Å²) >= 11 is 0. The Hall–Kier alpha value is -1.20. The van der Waals surface area contributed by atoms with Gasteiger partial charge in [0.2, 0.25) is 0 Å². The van der Waals surface area contributed by atoms with Gasteiger partial charge in [-0.1, -0.05) is 25.5 Å². The zero-order chi connectivity index (χ0) is 20.6. The molecule has 4 fully saturated rings. The van der Waals surface area contributed by atoms with Gasteiger partial charge in [-0.15, -0.1) is 0 Å². The Morgan fingerprint density at radius 3 is 2.79 bits per heavy atom. The molecule has 1 aliphatic heterocycles. The fraction of sp³-hybridized carbons (Fsp3) is 0.833. The highest BCUT2D eigenvalue weighted by atomic mass is 16.5. The van der Waals surface area contributed by atoms with Crippen LogP contribution in [0.1, 0.15) is 72.1 Å². The Kier molecular flexibility index (Phi) is 4.36. The van der Waals surface area contributed by atoms with E-state index in [1.807, 2.05) is 0 Å². The van der Waals surface area contributed by atoms with Crippen LogP contribution in [0.15, 0.2) is 11.6 Å². The van der Waals surface area contributed by atoms with Crippen molar-refractivity contribution >= 4 is 11.8 Å². The van der Waals surface area contributed by atoms with Crippen molar-refractivity contribution in [2.75, 3.05) is 6.61 Å². The molecule has 1 saturated heterocycles. The third-order valence-corrected chi connectivity index (χ3v) is 9.66. The molecule has 0 bridgehead atoms. The molecule has 0 amide bonds. The zero-order valence-electron chi connectivity index (χ0n) is 17.9. The zero-order valence-corrected chi connectivity index (χ0v) is 17.9. The molecule has 29 heavy (non-hydrogen) atoms. The van der Waals surface area contributed by atoms with E-state index >= 15 is 0 Å². The third-order valence-electron chi connectivity index (χ3n) is 9.66. The molecule has 8 atom stereocenters. The van der Waals surface area contributed by atoms with Gasteiger partial charge < -0.3 is 14.6 Å². The fourth-order valence-electron chi connectivity index (χ4n) is 8.13. The lowest BCUT2D eigenvalue weighted by Crippen LogP contribution is -2.62. The maximum absolute atomic E-state index is 12.8. The van der Waals surface area contributed by atoms with Gasteiger partial charge in [0.1, 0.15) is 6.10 Å². The molecule has 1 heterocycles. The van der Waals surface area contributed by atoms with Crippen LogP contribution in [-0.2, 0) is 19.1 Å². The van der Waals surface area contributed by atoms with Gasteiger partial charge in [0, 0.05) is 25.2 Å². The van der Waals surface area contributed by atoms with Crippen molar-refractivity contribution in [1.82, 2.24) is 0 Å². The first-order valence-electron chi connectivity index (χ1n) is 11.4. The molecule has 0 unspecified atom stereocenters. The summed E-state index contributed by atoms with van der Waals surface area (Å²) in [5.41, 5.74) is -0.0882. The average Bonchev–Trinajstić information content (AvgIpc) is 2.91. The van der Waals surface area contributed by atoms with E-state index in [1.54, 1.807) is 0 Å². The Balaban J connectivity index is 1.45. The van der Waals surface area contributed by atoms with Gasteiger partial charge in [0.25, 0.3) is 0 Å². The van der Waals surface area contributed by atoms with E-state index in [9.17, 15) is 14.7 Å². The van der Waals surface area contributed by atoms with Crippen molar-refractivity contribution in [3.8, 4) is 0 Å². The van der Waals surface area contributed by atoms with Crippen molar-refractivity contribution in [3.63, 3.8) is 0 Å². The maximum Gasteiger partial charge on any atom is 0.302 e. The molecule has 5 rings (SSSR count). The number of hydrogen-bond acceptors (Lipinski definition) is 5. The summed E-state index contributed by atoms with van der Waals surface area (Å²) in [5.74, 6) is 1.18. The van der Waals surface area contributed by atoms with Crippen molar-refractivity contribution in [2.45, 2.75) is 89.9 Å². The predicted molar refractivity (Wildman–Crippen MR) is 107 cm³/mol. The fourth-order valence-corrected chi connectivity index (χ4v) is 8.13. The molecular weight excluding hydrogens is 368 g/mol. The quantitative estimate of drug-likeness (QED) is 0.536. The van der Waals surface area contributed by atoms with E-state index in [1.165, 1.54) is 12.5 Å². The van der Waals surface area contributed by atoms with Crippen LogP contribution in [0, 0.1) is 28.6 Å². The highest BCUT2D eigenvalue weighted by Crippen LogP contribution is 2.68. The lowest BCUT2D eigenvalue weighted by Gasteiger charge is -2.58. The van der Waals surface area contributed by atoms with Crippen LogP contribution in [0.4, 0.5) is 0 Å². The van der Waals surface area contributed by atoms with Gasteiger partial charge in [0.05, 0.1) is 12.7 Å². The normalized spacial score (nSPS) is 51.2. The molecule has 1 N–H and O–H groups in total. The van der Waals surface area contributed by atoms with Crippen LogP contribution in [0.5, 0.6) is 0 Å². The second kappa shape index (κ2) is 6.40. The number of ketones is 1. The smallest absolute Gasteiger partial charge is 0.302 e. The number of ether oxygens (including phenoxy) is 2. The molecule has 0 aromatic carbocycles. The second-order valence-corrected chi connectivity index (χ2v) is 10.7. The van der Waals surface area contributed by atoms with Crippen molar-refractivity contribution in [1.29, 1.82) is 0 Å². The molecule has 0 radical (unpaired) electrons. The van der Waals surface area contributed by atoms with Crippen LogP contribution in [-0.4, -0.2) is 41.3 Å². The SMILES string of the molecule is CC(=O)O[C@@H]1CC[C@@]2(C)C(=CC[C@H]3[C@@H]2CC[C@@]2(C)[C@H]3C[C@@H]3OCCC(=O)[C@@]32O)C1. The van der Waals surface area contributed by atoms with Crippen LogP contribution >= 0.6 is 0 Å². The topological polar surface area (TPSA) is 72.8 Å². The Bertz CT molecular complexity index is 773. The van der Waals surface area contributed by atoms with Crippen LogP contribution in [0.3, 0.4) is 0 Å². The Morgan fingerprint density at radius 2 is 2.03 bits per heavy atom. The summed E-state index contributed by atoms with van der Waals surface area (Å²) in [7, 11) is 0. The molecule has 0 aromatic rings. The van der Waals surface area contributed by atoms with Gasteiger partial charge in [-0.2, -0.15) is 0 Å². The molecule has 5 heteroatoms. The molecular formula is C24H34O5. The number of rotatable bonds is 1.